The second-order valence-electron chi connectivity index (χ2n) is 3.93. The van der Waals surface area contributed by atoms with Crippen LogP contribution in [0.5, 0.6) is 0 Å². The lowest BCUT2D eigenvalue weighted by Gasteiger charge is -2.21. The molecule has 0 spiro atoms. The standard InChI is InChI=1S/C10H16N2O3/c1-14-10(13)9-6-8(12-15-9)7-2-4-11-5-3-7/h7,9,11H,2-6H2,1H3. The van der Waals surface area contributed by atoms with E-state index >= 15 is 0 Å². The van der Waals surface area contributed by atoms with E-state index < -0.39 is 6.10 Å². The third-order valence-electron chi connectivity index (χ3n) is 2.97. The minimum absolute atomic E-state index is 0.331. The maximum atomic E-state index is 11.2. The van der Waals surface area contributed by atoms with Crippen LogP contribution in [-0.4, -0.2) is 38.0 Å². The quantitative estimate of drug-likeness (QED) is 0.669. The Morgan fingerprint density at radius 1 is 1.53 bits per heavy atom. The van der Waals surface area contributed by atoms with Crippen LogP contribution in [0.2, 0.25) is 0 Å². The van der Waals surface area contributed by atoms with Crippen LogP contribution in [-0.2, 0) is 14.4 Å². The molecular formula is C10H16N2O3. The van der Waals surface area contributed by atoms with Crippen LogP contribution < -0.4 is 5.32 Å². The number of hydrogen-bond acceptors (Lipinski definition) is 5. The predicted octanol–water partition coefficient (Wildman–Crippen LogP) is 0.304. The van der Waals surface area contributed by atoms with Gasteiger partial charge in [-0.25, -0.2) is 4.79 Å². The number of nitrogens with zero attached hydrogens (tertiary/aromatic N) is 1. The number of oxime groups is 1. The zero-order valence-corrected chi connectivity index (χ0v) is 8.86. The van der Waals surface area contributed by atoms with E-state index in [4.69, 9.17) is 4.84 Å². The molecule has 0 aromatic carbocycles. The van der Waals surface area contributed by atoms with Crippen LogP contribution in [0.25, 0.3) is 0 Å². The van der Waals surface area contributed by atoms with Gasteiger partial charge in [0.2, 0.25) is 6.10 Å². The van der Waals surface area contributed by atoms with Crippen molar-refractivity contribution in [2.24, 2.45) is 11.1 Å². The fourth-order valence-corrected chi connectivity index (χ4v) is 2.05. The largest absolute Gasteiger partial charge is 0.466 e. The summed E-state index contributed by atoms with van der Waals surface area (Å²) in [6.07, 6.45) is 2.24. The van der Waals surface area contributed by atoms with Crippen molar-refractivity contribution in [3.8, 4) is 0 Å². The van der Waals surface area contributed by atoms with Crippen LogP contribution >= 0.6 is 0 Å². The Kier molecular flexibility index (Phi) is 3.20. The van der Waals surface area contributed by atoms with Crippen molar-refractivity contribution in [3.05, 3.63) is 0 Å². The molecule has 0 aromatic rings. The number of rotatable bonds is 2. The van der Waals surface area contributed by atoms with E-state index in [1.54, 1.807) is 0 Å². The summed E-state index contributed by atoms with van der Waals surface area (Å²) < 4.78 is 4.62. The molecule has 1 N–H and O–H groups in total. The molecule has 2 aliphatic heterocycles. The zero-order valence-electron chi connectivity index (χ0n) is 8.86. The normalized spacial score (nSPS) is 27.0. The number of nitrogens with one attached hydrogen (secondary N) is 1. The first kappa shape index (κ1) is 10.4. The molecule has 0 bridgehead atoms. The van der Waals surface area contributed by atoms with Crippen molar-refractivity contribution in [1.82, 2.24) is 5.32 Å². The number of carbonyl (C=O) groups is 1. The molecule has 1 fully saturated rings. The molecule has 2 rings (SSSR count). The van der Waals surface area contributed by atoms with Crippen molar-refractivity contribution in [1.29, 1.82) is 0 Å². The Hall–Kier alpha value is -1.10. The van der Waals surface area contributed by atoms with Gasteiger partial charge in [-0.3, -0.25) is 0 Å². The topological polar surface area (TPSA) is 59.9 Å². The van der Waals surface area contributed by atoms with Crippen LogP contribution in [0.1, 0.15) is 19.3 Å². The summed E-state index contributed by atoms with van der Waals surface area (Å²) in [4.78, 5) is 16.3. The van der Waals surface area contributed by atoms with E-state index in [2.05, 4.69) is 15.2 Å². The fraction of sp³-hybridized carbons (Fsp3) is 0.800. The summed E-state index contributed by atoms with van der Waals surface area (Å²) in [5.41, 5.74) is 1.02. The minimum atomic E-state index is -0.514. The van der Waals surface area contributed by atoms with E-state index in [1.165, 1.54) is 7.11 Å². The molecule has 0 saturated carbocycles. The summed E-state index contributed by atoms with van der Waals surface area (Å²) in [7, 11) is 1.37. The van der Waals surface area contributed by atoms with Gasteiger partial charge in [0.25, 0.3) is 0 Å². The molecule has 84 valence electrons. The van der Waals surface area contributed by atoms with Gasteiger partial charge < -0.3 is 14.9 Å². The van der Waals surface area contributed by atoms with Gasteiger partial charge in [-0.2, -0.15) is 0 Å². The Bertz CT molecular complexity index is 272. The van der Waals surface area contributed by atoms with Crippen molar-refractivity contribution < 1.29 is 14.4 Å². The Balaban J connectivity index is 1.88. The Labute approximate surface area is 88.8 Å². The lowest BCUT2D eigenvalue weighted by atomic mass is 9.90. The zero-order chi connectivity index (χ0) is 10.7. The van der Waals surface area contributed by atoms with Crippen molar-refractivity contribution in [3.63, 3.8) is 0 Å². The summed E-state index contributed by atoms with van der Waals surface area (Å²) in [6, 6.07) is 0. The molecule has 1 atom stereocenters. The Morgan fingerprint density at radius 2 is 2.27 bits per heavy atom. The van der Waals surface area contributed by atoms with Crippen LogP contribution in [0.3, 0.4) is 0 Å². The highest BCUT2D eigenvalue weighted by Gasteiger charge is 2.32. The second-order valence-corrected chi connectivity index (χ2v) is 3.93. The summed E-state index contributed by atoms with van der Waals surface area (Å²) in [5, 5.41) is 7.29. The smallest absolute Gasteiger partial charge is 0.350 e. The maximum absolute atomic E-state index is 11.2. The van der Waals surface area contributed by atoms with Gasteiger partial charge in [-0.05, 0) is 25.9 Å². The molecule has 0 amide bonds. The van der Waals surface area contributed by atoms with Gasteiger partial charge in [0.05, 0.1) is 12.8 Å². The monoisotopic (exact) mass is 212 g/mol. The van der Waals surface area contributed by atoms with Crippen molar-refractivity contribution in [2.45, 2.75) is 25.4 Å². The molecule has 15 heavy (non-hydrogen) atoms. The van der Waals surface area contributed by atoms with Gasteiger partial charge in [-0.15, -0.1) is 0 Å². The second kappa shape index (κ2) is 4.61. The van der Waals surface area contributed by atoms with Gasteiger partial charge in [0, 0.05) is 12.3 Å². The average Bonchev–Trinajstić information content (AvgIpc) is 2.78. The number of esters is 1. The molecule has 5 heteroatoms. The summed E-state index contributed by atoms with van der Waals surface area (Å²) >= 11 is 0. The number of methoxy groups -OCH3 is 1. The number of ether oxygens (including phenoxy) is 1. The number of piperidine rings is 1. The Morgan fingerprint density at radius 3 is 2.93 bits per heavy atom. The van der Waals surface area contributed by atoms with Crippen LogP contribution in [0.4, 0.5) is 0 Å². The van der Waals surface area contributed by atoms with Gasteiger partial charge in [-0.1, -0.05) is 5.16 Å². The molecule has 0 aliphatic carbocycles. The van der Waals surface area contributed by atoms with Gasteiger partial charge in [0.1, 0.15) is 0 Å². The average molecular weight is 212 g/mol. The third kappa shape index (κ3) is 2.28. The molecule has 2 heterocycles. The lowest BCUT2D eigenvalue weighted by molar-refractivity contribution is -0.152. The summed E-state index contributed by atoms with van der Waals surface area (Å²) in [5.74, 6) is 0.142. The van der Waals surface area contributed by atoms with Crippen molar-refractivity contribution >= 4 is 11.7 Å². The van der Waals surface area contributed by atoms with E-state index in [9.17, 15) is 4.79 Å². The molecule has 1 saturated heterocycles. The molecule has 0 radical (unpaired) electrons. The maximum Gasteiger partial charge on any atom is 0.350 e. The predicted molar refractivity (Wildman–Crippen MR) is 54.5 cm³/mol. The van der Waals surface area contributed by atoms with Crippen molar-refractivity contribution in [2.75, 3.05) is 20.2 Å². The number of carbonyl (C=O) groups excluding carboxylic acids is 1. The molecule has 0 aromatic heterocycles. The van der Waals surface area contributed by atoms with Crippen LogP contribution in [0.15, 0.2) is 5.16 Å². The highest BCUT2D eigenvalue weighted by Crippen LogP contribution is 2.23. The first-order valence-corrected chi connectivity index (χ1v) is 5.32. The highest BCUT2D eigenvalue weighted by molar-refractivity contribution is 5.92. The number of hydrogen-bond donors (Lipinski definition) is 1. The molecule has 1 unspecified atom stereocenters. The first-order chi connectivity index (χ1) is 7.31. The third-order valence-corrected chi connectivity index (χ3v) is 2.97. The van der Waals surface area contributed by atoms with E-state index in [-0.39, 0.29) is 5.97 Å². The van der Waals surface area contributed by atoms with E-state index in [0.717, 1.165) is 31.6 Å². The minimum Gasteiger partial charge on any atom is -0.466 e. The molecule has 2 aliphatic rings. The fourth-order valence-electron chi connectivity index (χ4n) is 2.05. The first-order valence-electron chi connectivity index (χ1n) is 5.32. The molecule has 5 nitrogen and oxygen atoms in total. The highest BCUT2D eigenvalue weighted by atomic mass is 16.7. The van der Waals surface area contributed by atoms with E-state index in [0.29, 0.717) is 12.3 Å². The SMILES string of the molecule is COC(=O)C1CC(C2CCNCC2)=NO1. The van der Waals surface area contributed by atoms with Crippen LogP contribution in [0, 0.1) is 5.92 Å². The van der Waals surface area contributed by atoms with E-state index in [1.807, 2.05) is 0 Å². The van der Waals surface area contributed by atoms with Gasteiger partial charge in [0.15, 0.2) is 0 Å². The summed E-state index contributed by atoms with van der Waals surface area (Å²) in [6.45, 7) is 2.04. The van der Waals surface area contributed by atoms with Gasteiger partial charge >= 0.3 is 5.97 Å². The lowest BCUT2D eigenvalue weighted by Crippen LogP contribution is -2.32. The molecular weight excluding hydrogens is 196 g/mol.